The van der Waals surface area contributed by atoms with E-state index in [1.807, 2.05) is 92.7 Å². The zero-order valence-corrected chi connectivity index (χ0v) is 23.8. The largest absolute Gasteiger partial charge is 0.352 e. The Morgan fingerprint density at radius 3 is 2.22 bits per heavy atom. The third-order valence-corrected chi connectivity index (χ3v) is 7.71. The van der Waals surface area contributed by atoms with Gasteiger partial charge in [0.1, 0.15) is 6.04 Å². The van der Waals surface area contributed by atoms with Crippen LogP contribution in [0, 0.1) is 0 Å². The number of hydrogen-bond acceptors (Lipinski definition) is 3. The minimum atomic E-state index is -0.617. The highest BCUT2D eigenvalue weighted by molar-refractivity contribution is 9.10. The zero-order valence-electron chi connectivity index (χ0n) is 20.6. The number of thioether (sulfide) groups is 1. The summed E-state index contributed by atoms with van der Waals surface area (Å²) in [5, 5.41) is 3.80. The van der Waals surface area contributed by atoms with E-state index in [1.54, 1.807) is 16.7 Å². The molecule has 3 aromatic carbocycles. The summed E-state index contributed by atoms with van der Waals surface area (Å²) >= 11 is 11.0. The average Bonchev–Trinajstić information content (AvgIpc) is 2.88. The molecule has 4 nitrogen and oxygen atoms in total. The highest BCUT2D eigenvalue weighted by Gasteiger charge is 2.30. The Bertz CT molecular complexity index is 1110. The van der Waals surface area contributed by atoms with Gasteiger partial charge in [-0.05, 0) is 54.3 Å². The number of carbonyl (C=O) groups is 2. The minimum absolute atomic E-state index is 0.0275. The van der Waals surface area contributed by atoms with Gasteiger partial charge < -0.3 is 10.2 Å². The van der Waals surface area contributed by atoms with Crippen LogP contribution in [0.25, 0.3) is 0 Å². The molecule has 0 spiro atoms. The molecule has 0 bridgehead atoms. The summed E-state index contributed by atoms with van der Waals surface area (Å²) in [5.41, 5.74) is 3.10. The Labute approximate surface area is 231 Å². The molecule has 3 aromatic rings. The van der Waals surface area contributed by atoms with Crippen molar-refractivity contribution in [2.45, 2.75) is 51.1 Å². The van der Waals surface area contributed by atoms with Gasteiger partial charge in [0.15, 0.2) is 0 Å². The molecule has 0 saturated carbocycles. The van der Waals surface area contributed by atoms with Crippen LogP contribution in [0.4, 0.5) is 0 Å². The monoisotopic (exact) mass is 586 g/mol. The summed E-state index contributed by atoms with van der Waals surface area (Å²) in [6, 6.07) is 24.8. The molecule has 3 rings (SSSR count). The van der Waals surface area contributed by atoms with Crippen molar-refractivity contribution in [2.24, 2.45) is 0 Å². The molecule has 7 heteroatoms. The van der Waals surface area contributed by atoms with Gasteiger partial charge in [-0.2, -0.15) is 0 Å². The van der Waals surface area contributed by atoms with E-state index >= 15 is 0 Å². The summed E-state index contributed by atoms with van der Waals surface area (Å²) in [6.45, 7) is 4.38. The first kappa shape index (κ1) is 28.3. The van der Waals surface area contributed by atoms with Crippen LogP contribution >= 0.6 is 39.3 Å². The minimum Gasteiger partial charge on any atom is -0.352 e. The molecule has 0 radical (unpaired) electrons. The third kappa shape index (κ3) is 8.99. The lowest BCUT2D eigenvalue weighted by Gasteiger charge is -2.32. The Morgan fingerprint density at radius 1 is 0.944 bits per heavy atom. The van der Waals surface area contributed by atoms with Gasteiger partial charge in [-0.15, -0.1) is 11.8 Å². The third-order valence-electron chi connectivity index (χ3n) is 5.95. The lowest BCUT2D eigenvalue weighted by Crippen LogP contribution is -2.52. The molecule has 1 N–H and O–H groups in total. The quantitative estimate of drug-likeness (QED) is 0.251. The van der Waals surface area contributed by atoms with Crippen molar-refractivity contribution in [1.29, 1.82) is 0 Å². The predicted molar refractivity (Wildman–Crippen MR) is 154 cm³/mol. The van der Waals surface area contributed by atoms with Crippen molar-refractivity contribution >= 4 is 51.1 Å². The summed E-state index contributed by atoms with van der Waals surface area (Å²) in [7, 11) is 0. The Morgan fingerprint density at radius 2 is 1.58 bits per heavy atom. The number of nitrogens with one attached hydrogen (secondary N) is 1. The van der Waals surface area contributed by atoms with Gasteiger partial charge in [0, 0.05) is 34.3 Å². The van der Waals surface area contributed by atoms with E-state index in [1.165, 1.54) is 0 Å². The highest BCUT2D eigenvalue weighted by atomic mass is 79.9. The van der Waals surface area contributed by atoms with Crippen LogP contribution in [-0.2, 0) is 28.3 Å². The zero-order chi connectivity index (χ0) is 25.9. The number of carbonyl (C=O) groups excluding carboxylic acids is 2. The van der Waals surface area contributed by atoms with Crippen LogP contribution in [0.5, 0.6) is 0 Å². The molecule has 2 atom stereocenters. The standard InChI is InChI=1S/C29H32BrClN2O2S/c1-3-21(2)32-29(35)27(17-22-7-5-4-6-8-22)33(18-23-9-13-25(30)14-10-23)28(34)20-36-19-24-11-15-26(31)16-12-24/h4-16,21,27H,3,17-20H2,1-2H3,(H,32,35)/t21-,27-/m0/s1. The van der Waals surface area contributed by atoms with Crippen molar-refractivity contribution < 1.29 is 9.59 Å². The number of benzene rings is 3. The maximum Gasteiger partial charge on any atom is 0.243 e. The van der Waals surface area contributed by atoms with Crippen molar-refractivity contribution in [3.8, 4) is 0 Å². The topological polar surface area (TPSA) is 49.4 Å². The molecular formula is C29H32BrClN2O2S. The van der Waals surface area contributed by atoms with E-state index in [-0.39, 0.29) is 23.6 Å². The molecule has 0 saturated heterocycles. The molecule has 2 amide bonds. The fourth-order valence-electron chi connectivity index (χ4n) is 3.70. The van der Waals surface area contributed by atoms with E-state index in [4.69, 9.17) is 11.6 Å². The fraction of sp³-hybridized carbons (Fsp3) is 0.310. The Hall–Kier alpha value is -2.28. The number of halogens is 2. The van der Waals surface area contributed by atoms with Crippen LogP contribution in [0.15, 0.2) is 83.3 Å². The SMILES string of the molecule is CC[C@H](C)NC(=O)[C@H](Cc1ccccc1)N(Cc1ccc(Br)cc1)C(=O)CSCc1ccc(Cl)cc1. The van der Waals surface area contributed by atoms with Gasteiger partial charge in [0.25, 0.3) is 0 Å². The molecule has 190 valence electrons. The second-order valence-electron chi connectivity index (χ2n) is 8.79. The smallest absolute Gasteiger partial charge is 0.243 e. The summed E-state index contributed by atoms with van der Waals surface area (Å²) in [5.74, 6) is 0.789. The first-order valence-electron chi connectivity index (χ1n) is 12.1. The van der Waals surface area contributed by atoms with E-state index in [9.17, 15) is 9.59 Å². The van der Waals surface area contributed by atoms with E-state index in [2.05, 4.69) is 21.2 Å². The van der Waals surface area contributed by atoms with Crippen molar-refractivity contribution in [1.82, 2.24) is 10.2 Å². The second-order valence-corrected chi connectivity index (χ2v) is 11.1. The van der Waals surface area contributed by atoms with Crippen LogP contribution in [0.1, 0.15) is 37.0 Å². The normalized spacial score (nSPS) is 12.6. The van der Waals surface area contributed by atoms with Crippen molar-refractivity contribution in [3.63, 3.8) is 0 Å². The molecule has 0 aliphatic heterocycles. The molecule has 0 aromatic heterocycles. The van der Waals surface area contributed by atoms with E-state index < -0.39 is 6.04 Å². The van der Waals surface area contributed by atoms with Crippen molar-refractivity contribution in [3.05, 3.63) is 105 Å². The first-order valence-corrected chi connectivity index (χ1v) is 14.4. The first-order chi connectivity index (χ1) is 17.4. The van der Waals surface area contributed by atoms with Gasteiger partial charge in [0.2, 0.25) is 11.8 Å². The molecule has 0 fully saturated rings. The molecular weight excluding hydrogens is 556 g/mol. The Balaban J connectivity index is 1.84. The number of amides is 2. The fourth-order valence-corrected chi connectivity index (χ4v) is 4.96. The maximum atomic E-state index is 13.6. The molecule has 36 heavy (non-hydrogen) atoms. The van der Waals surface area contributed by atoms with Crippen LogP contribution in [0.3, 0.4) is 0 Å². The lowest BCUT2D eigenvalue weighted by atomic mass is 10.0. The second kappa shape index (κ2) is 14.5. The molecule has 0 unspecified atom stereocenters. The summed E-state index contributed by atoms with van der Waals surface area (Å²) < 4.78 is 0.970. The van der Waals surface area contributed by atoms with Gasteiger partial charge in [-0.1, -0.05) is 89.1 Å². The lowest BCUT2D eigenvalue weighted by molar-refractivity contribution is -0.139. The number of nitrogens with zero attached hydrogens (tertiary/aromatic N) is 1. The summed E-state index contributed by atoms with van der Waals surface area (Å²) in [4.78, 5) is 28.9. The molecule has 0 aliphatic rings. The van der Waals surface area contributed by atoms with Crippen LogP contribution < -0.4 is 5.32 Å². The Kier molecular flexibility index (Phi) is 11.4. The average molecular weight is 588 g/mol. The van der Waals surface area contributed by atoms with Gasteiger partial charge in [0.05, 0.1) is 5.75 Å². The van der Waals surface area contributed by atoms with E-state index in [0.717, 1.165) is 27.6 Å². The summed E-state index contributed by atoms with van der Waals surface area (Å²) in [6.07, 6.45) is 1.27. The highest BCUT2D eigenvalue weighted by Crippen LogP contribution is 2.20. The predicted octanol–water partition coefficient (Wildman–Crippen LogP) is 6.89. The molecule has 0 heterocycles. The van der Waals surface area contributed by atoms with E-state index in [0.29, 0.717) is 23.7 Å². The van der Waals surface area contributed by atoms with Gasteiger partial charge in [-0.25, -0.2) is 0 Å². The van der Waals surface area contributed by atoms with Crippen LogP contribution in [0.2, 0.25) is 5.02 Å². The van der Waals surface area contributed by atoms with Gasteiger partial charge >= 0.3 is 0 Å². The maximum absolute atomic E-state index is 13.6. The van der Waals surface area contributed by atoms with Gasteiger partial charge in [-0.3, -0.25) is 9.59 Å². The number of hydrogen-bond donors (Lipinski definition) is 1. The van der Waals surface area contributed by atoms with Crippen molar-refractivity contribution in [2.75, 3.05) is 5.75 Å². The number of rotatable bonds is 12. The van der Waals surface area contributed by atoms with Crippen LogP contribution in [-0.4, -0.2) is 34.6 Å². The molecule has 0 aliphatic carbocycles.